The molecule has 5 nitrogen and oxygen atoms in total. The Kier molecular flexibility index (Phi) is 2.39. The molecular formula is C11H7BrClN3O2. The summed E-state index contributed by atoms with van der Waals surface area (Å²) in [6.45, 7) is 1.92. The molecule has 0 saturated carbocycles. The Hall–Kier alpha value is -1.53. The molecule has 3 aromatic rings. The number of aromatic amines is 1. The smallest absolute Gasteiger partial charge is 0.355 e. The van der Waals surface area contributed by atoms with E-state index in [-0.39, 0.29) is 5.69 Å². The van der Waals surface area contributed by atoms with E-state index in [1.54, 1.807) is 4.40 Å². The van der Waals surface area contributed by atoms with Crippen LogP contribution in [0, 0.1) is 6.92 Å². The Balaban J connectivity index is 2.51. The first-order chi connectivity index (χ1) is 8.49. The summed E-state index contributed by atoms with van der Waals surface area (Å²) in [5.74, 6) is -0.596. The normalized spacial score (nSPS) is 11.5. The van der Waals surface area contributed by atoms with Crippen molar-refractivity contribution in [3.63, 3.8) is 0 Å². The van der Waals surface area contributed by atoms with Gasteiger partial charge in [0, 0.05) is 0 Å². The molecule has 0 atom stereocenters. The van der Waals surface area contributed by atoms with E-state index >= 15 is 0 Å². The number of fused-ring (bicyclic) bond motifs is 3. The van der Waals surface area contributed by atoms with Crippen molar-refractivity contribution in [2.45, 2.75) is 6.92 Å². The van der Waals surface area contributed by atoms with Crippen LogP contribution in [0.3, 0.4) is 0 Å². The van der Waals surface area contributed by atoms with E-state index in [1.165, 1.54) is 0 Å². The van der Waals surface area contributed by atoms with E-state index in [4.69, 9.17) is 16.7 Å². The van der Waals surface area contributed by atoms with E-state index in [1.807, 2.05) is 19.1 Å². The van der Waals surface area contributed by atoms with Gasteiger partial charge >= 0.3 is 5.97 Å². The standard InChI is InChI=1S/C11H7BrClN3O2/c1-4-2-5(13)7-6(3-4)16-9(12)8(10(17)18)15-11(16)14-7/h2-3H,1H3,(H,14,15)(H,17,18). The molecule has 0 bridgehead atoms. The second kappa shape index (κ2) is 3.73. The first-order valence-corrected chi connectivity index (χ1v) is 6.25. The molecule has 0 spiro atoms. The highest BCUT2D eigenvalue weighted by atomic mass is 79.9. The number of hydrogen-bond donors (Lipinski definition) is 2. The summed E-state index contributed by atoms with van der Waals surface area (Å²) in [6, 6.07) is 3.73. The van der Waals surface area contributed by atoms with Gasteiger partial charge in [-0.2, -0.15) is 0 Å². The van der Waals surface area contributed by atoms with Crippen LogP contribution in [0.25, 0.3) is 16.8 Å². The molecule has 92 valence electrons. The van der Waals surface area contributed by atoms with Gasteiger partial charge in [-0.1, -0.05) is 11.6 Å². The average molecular weight is 329 g/mol. The third-order valence-electron chi connectivity index (χ3n) is 2.71. The van der Waals surface area contributed by atoms with E-state index < -0.39 is 5.97 Å². The van der Waals surface area contributed by atoms with Crippen LogP contribution in [0.15, 0.2) is 16.7 Å². The van der Waals surface area contributed by atoms with Gasteiger partial charge in [-0.25, -0.2) is 9.78 Å². The number of hydrogen-bond acceptors (Lipinski definition) is 2. The van der Waals surface area contributed by atoms with Gasteiger partial charge < -0.3 is 10.1 Å². The zero-order valence-electron chi connectivity index (χ0n) is 9.16. The summed E-state index contributed by atoms with van der Waals surface area (Å²) in [6.07, 6.45) is 0. The van der Waals surface area contributed by atoms with Crippen molar-refractivity contribution in [2.75, 3.05) is 0 Å². The van der Waals surface area contributed by atoms with Crippen LogP contribution in [0.2, 0.25) is 5.02 Å². The highest BCUT2D eigenvalue weighted by Crippen LogP contribution is 2.29. The summed E-state index contributed by atoms with van der Waals surface area (Å²) >= 11 is 9.39. The number of carbonyl (C=O) groups is 1. The summed E-state index contributed by atoms with van der Waals surface area (Å²) in [5.41, 5.74) is 2.47. The lowest BCUT2D eigenvalue weighted by Gasteiger charge is -1.98. The monoisotopic (exact) mass is 327 g/mol. The molecule has 0 aliphatic rings. The second-order valence-electron chi connectivity index (χ2n) is 3.98. The molecule has 7 heteroatoms. The number of rotatable bonds is 1. The Morgan fingerprint density at radius 3 is 2.94 bits per heavy atom. The number of aryl methyl sites for hydroxylation is 1. The number of nitrogens with zero attached hydrogens (tertiary/aromatic N) is 2. The van der Waals surface area contributed by atoms with Gasteiger partial charge in [-0.3, -0.25) is 4.40 Å². The molecule has 0 aliphatic heterocycles. The number of carboxylic acids is 1. The number of nitrogens with one attached hydrogen (secondary N) is 1. The number of benzene rings is 1. The minimum Gasteiger partial charge on any atom is -0.476 e. The van der Waals surface area contributed by atoms with Crippen molar-refractivity contribution in [1.29, 1.82) is 0 Å². The zero-order chi connectivity index (χ0) is 13.0. The van der Waals surface area contributed by atoms with Gasteiger partial charge in [0.1, 0.15) is 10.1 Å². The third kappa shape index (κ3) is 1.46. The Bertz CT molecular complexity index is 806. The maximum atomic E-state index is 11.0. The van der Waals surface area contributed by atoms with Crippen molar-refractivity contribution in [1.82, 2.24) is 14.4 Å². The maximum absolute atomic E-state index is 11.0. The molecular weight excluding hydrogens is 321 g/mol. The number of halogens is 2. The quantitative estimate of drug-likeness (QED) is 0.720. The lowest BCUT2D eigenvalue weighted by Crippen LogP contribution is -1.97. The number of H-pyrrole nitrogens is 1. The van der Waals surface area contributed by atoms with Gasteiger partial charge in [0.25, 0.3) is 0 Å². The highest BCUT2D eigenvalue weighted by molar-refractivity contribution is 9.10. The number of aromatic carboxylic acids is 1. The van der Waals surface area contributed by atoms with Crippen molar-refractivity contribution in [2.24, 2.45) is 0 Å². The van der Waals surface area contributed by atoms with E-state index in [2.05, 4.69) is 25.9 Å². The van der Waals surface area contributed by atoms with Gasteiger partial charge in [-0.15, -0.1) is 0 Å². The van der Waals surface area contributed by atoms with Crippen molar-refractivity contribution >= 4 is 50.3 Å². The molecule has 0 unspecified atom stereocenters. The lowest BCUT2D eigenvalue weighted by atomic mass is 10.2. The Labute approximate surface area is 115 Å². The first-order valence-electron chi connectivity index (χ1n) is 5.08. The molecule has 0 aliphatic carbocycles. The van der Waals surface area contributed by atoms with Gasteiger partial charge in [-0.05, 0) is 40.5 Å². The number of carboxylic acid groups (broad SMARTS) is 1. The summed E-state index contributed by atoms with van der Waals surface area (Å²) in [5, 5.41) is 9.59. The fourth-order valence-electron chi connectivity index (χ4n) is 1.97. The van der Waals surface area contributed by atoms with E-state index in [0.717, 1.165) is 11.1 Å². The molecule has 18 heavy (non-hydrogen) atoms. The molecule has 0 radical (unpaired) electrons. The summed E-state index contributed by atoms with van der Waals surface area (Å²) in [7, 11) is 0. The molecule has 1 aromatic carbocycles. The molecule has 0 fully saturated rings. The predicted molar refractivity (Wildman–Crippen MR) is 71.5 cm³/mol. The van der Waals surface area contributed by atoms with Crippen LogP contribution in [0.5, 0.6) is 0 Å². The second-order valence-corrected chi connectivity index (χ2v) is 5.14. The van der Waals surface area contributed by atoms with Crippen LogP contribution >= 0.6 is 27.5 Å². The van der Waals surface area contributed by atoms with Gasteiger partial charge in [0.2, 0.25) is 5.78 Å². The van der Waals surface area contributed by atoms with Crippen molar-refractivity contribution < 1.29 is 9.90 Å². The van der Waals surface area contributed by atoms with Crippen LogP contribution in [0.1, 0.15) is 16.1 Å². The molecule has 2 aromatic heterocycles. The SMILES string of the molecule is Cc1cc(Cl)c2nc3[nH]c(C(=O)O)c(Br)n3c2c1. The van der Waals surface area contributed by atoms with Crippen molar-refractivity contribution in [3.05, 3.63) is 33.0 Å². The lowest BCUT2D eigenvalue weighted by molar-refractivity contribution is 0.0690. The minimum absolute atomic E-state index is 0.0667. The van der Waals surface area contributed by atoms with Crippen LogP contribution in [-0.4, -0.2) is 25.4 Å². The molecule has 3 rings (SSSR count). The zero-order valence-corrected chi connectivity index (χ0v) is 11.5. The highest BCUT2D eigenvalue weighted by Gasteiger charge is 2.19. The van der Waals surface area contributed by atoms with Crippen molar-refractivity contribution in [3.8, 4) is 0 Å². The van der Waals surface area contributed by atoms with E-state index in [0.29, 0.717) is 20.9 Å². The van der Waals surface area contributed by atoms with Gasteiger partial charge in [0.15, 0.2) is 5.69 Å². The number of aromatic nitrogens is 3. The Morgan fingerprint density at radius 1 is 1.56 bits per heavy atom. The summed E-state index contributed by atoms with van der Waals surface area (Å²) in [4.78, 5) is 18.1. The Morgan fingerprint density at radius 2 is 2.28 bits per heavy atom. The maximum Gasteiger partial charge on any atom is 0.355 e. The van der Waals surface area contributed by atoms with Gasteiger partial charge in [0.05, 0.1) is 10.5 Å². The molecule has 2 heterocycles. The number of imidazole rings is 2. The van der Waals surface area contributed by atoms with Crippen LogP contribution in [-0.2, 0) is 0 Å². The predicted octanol–water partition coefficient (Wildman–Crippen LogP) is 3.24. The average Bonchev–Trinajstić information content (AvgIpc) is 2.77. The molecule has 2 N–H and O–H groups in total. The summed E-state index contributed by atoms with van der Waals surface area (Å²) < 4.78 is 2.12. The van der Waals surface area contributed by atoms with E-state index in [9.17, 15) is 4.79 Å². The topological polar surface area (TPSA) is 70.4 Å². The largest absolute Gasteiger partial charge is 0.476 e. The molecule has 0 amide bonds. The molecule has 0 saturated heterocycles. The minimum atomic E-state index is -1.04. The van der Waals surface area contributed by atoms with Crippen LogP contribution in [0.4, 0.5) is 0 Å². The fraction of sp³-hybridized carbons (Fsp3) is 0.0909. The van der Waals surface area contributed by atoms with Crippen LogP contribution < -0.4 is 0 Å². The first kappa shape index (κ1) is 11.6. The third-order valence-corrected chi connectivity index (χ3v) is 3.75. The fourth-order valence-corrected chi connectivity index (χ4v) is 2.91.